The Labute approximate surface area is 322 Å². The van der Waals surface area contributed by atoms with E-state index in [4.69, 9.17) is 9.97 Å². The molecule has 0 bridgehead atoms. The van der Waals surface area contributed by atoms with Crippen molar-refractivity contribution < 1.29 is 0 Å². The average molecular weight is 707 g/mol. The van der Waals surface area contributed by atoms with Crippen molar-refractivity contribution in [2.24, 2.45) is 0 Å². The Morgan fingerprint density at radius 2 is 0.891 bits per heavy atom. The minimum atomic E-state index is 0.857. The highest BCUT2D eigenvalue weighted by Gasteiger charge is 2.17. The van der Waals surface area contributed by atoms with Crippen molar-refractivity contribution in [2.45, 2.75) is 6.92 Å². The summed E-state index contributed by atoms with van der Waals surface area (Å²) >= 11 is 0. The lowest BCUT2D eigenvalue weighted by atomic mass is 9.99. The van der Waals surface area contributed by atoms with E-state index in [1.165, 1.54) is 22.3 Å². The number of aryl methyl sites for hydroxylation is 1. The van der Waals surface area contributed by atoms with Gasteiger partial charge in [0.15, 0.2) is 0 Å². The first-order chi connectivity index (χ1) is 27.2. The molecule has 1 N–H and O–H groups in total. The fraction of sp³-hybridized carbons (Fsp3) is 0.0196. The van der Waals surface area contributed by atoms with E-state index in [0.29, 0.717) is 0 Å². The molecule has 1 heterocycles. The van der Waals surface area contributed by atoms with Gasteiger partial charge in [0.1, 0.15) is 0 Å². The quantitative estimate of drug-likeness (QED) is 0.162. The van der Waals surface area contributed by atoms with Crippen molar-refractivity contribution in [3.63, 3.8) is 0 Å². The molecular weight excluding hydrogens is 669 g/mol. The van der Waals surface area contributed by atoms with Crippen LogP contribution in [0.1, 0.15) is 5.56 Å². The summed E-state index contributed by atoms with van der Waals surface area (Å²) in [7, 11) is 0. The summed E-state index contributed by atoms with van der Waals surface area (Å²) in [5.74, 6) is 0. The number of fused-ring (bicyclic) bond motifs is 1. The van der Waals surface area contributed by atoms with Crippen LogP contribution in [0.2, 0.25) is 0 Å². The first kappa shape index (κ1) is 33.5. The van der Waals surface area contributed by atoms with Gasteiger partial charge in [0.05, 0.1) is 22.4 Å². The van der Waals surface area contributed by atoms with E-state index < -0.39 is 0 Å². The van der Waals surface area contributed by atoms with E-state index in [1.807, 2.05) is 42.5 Å². The minimum absolute atomic E-state index is 0.857. The van der Waals surface area contributed by atoms with Gasteiger partial charge in [-0.25, -0.2) is 9.97 Å². The second kappa shape index (κ2) is 15.0. The van der Waals surface area contributed by atoms with Crippen LogP contribution in [0, 0.1) is 6.92 Å². The summed E-state index contributed by atoms with van der Waals surface area (Å²) in [5, 5.41) is 3.70. The zero-order chi connectivity index (χ0) is 37.0. The molecule has 0 aliphatic carbocycles. The van der Waals surface area contributed by atoms with Gasteiger partial charge in [-0.3, -0.25) is 0 Å². The third-order valence-electron chi connectivity index (χ3n) is 10.00. The van der Waals surface area contributed by atoms with Crippen LogP contribution in [0.3, 0.4) is 0 Å². The van der Waals surface area contributed by atoms with E-state index >= 15 is 0 Å². The van der Waals surface area contributed by atoms with E-state index in [2.05, 4.69) is 181 Å². The molecule has 0 unspecified atom stereocenters. The fourth-order valence-corrected chi connectivity index (χ4v) is 7.22. The predicted octanol–water partition coefficient (Wildman–Crippen LogP) is 13.8. The second-order valence-electron chi connectivity index (χ2n) is 13.6. The largest absolute Gasteiger partial charge is 0.355 e. The number of hydrogen-bond acceptors (Lipinski definition) is 4. The number of benzene rings is 8. The average Bonchev–Trinajstić information content (AvgIpc) is 3.25. The lowest BCUT2D eigenvalue weighted by Crippen LogP contribution is -2.10. The molecule has 0 saturated carbocycles. The number of hydrogen-bond donors (Lipinski definition) is 1. The van der Waals surface area contributed by atoms with Gasteiger partial charge in [0.2, 0.25) is 0 Å². The molecule has 0 spiro atoms. The molecular formula is C51H38N4. The molecule has 4 nitrogen and oxygen atoms in total. The van der Waals surface area contributed by atoms with Crippen molar-refractivity contribution in [3.8, 4) is 44.8 Å². The van der Waals surface area contributed by atoms with Crippen LogP contribution >= 0.6 is 0 Å². The molecule has 0 saturated heterocycles. The SMILES string of the molecule is Cc1ccccc1-c1ccccc1Nc1ccc(N(c2ccc(-c3nc4ccccc4nc3-c3ccccc3)cc2)c2cccc(-c3ccccc3)c2)cc1. The maximum Gasteiger partial charge on any atom is 0.0973 e. The van der Waals surface area contributed by atoms with Gasteiger partial charge in [0, 0.05) is 45.1 Å². The van der Waals surface area contributed by atoms with Crippen molar-refractivity contribution in [1.29, 1.82) is 0 Å². The lowest BCUT2D eigenvalue weighted by molar-refractivity contribution is 1.27. The smallest absolute Gasteiger partial charge is 0.0973 e. The van der Waals surface area contributed by atoms with Crippen molar-refractivity contribution >= 4 is 39.5 Å². The Kier molecular flexibility index (Phi) is 9.13. The zero-order valence-electron chi connectivity index (χ0n) is 30.5. The second-order valence-corrected chi connectivity index (χ2v) is 13.6. The molecule has 9 rings (SSSR count). The van der Waals surface area contributed by atoms with Crippen LogP contribution in [0.15, 0.2) is 206 Å². The molecule has 8 aromatic carbocycles. The van der Waals surface area contributed by atoms with Crippen LogP contribution in [0.25, 0.3) is 55.8 Å². The predicted molar refractivity (Wildman–Crippen MR) is 230 cm³/mol. The topological polar surface area (TPSA) is 41.0 Å². The van der Waals surface area contributed by atoms with Gasteiger partial charge >= 0.3 is 0 Å². The molecule has 0 aliphatic rings. The van der Waals surface area contributed by atoms with Crippen LogP contribution in [0.5, 0.6) is 0 Å². The van der Waals surface area contributed by atoms with Gasteiger partial charge in [-0.2, -0.15) is 0 Å². The highest BCUT2D eigenvalue weighted by molar-refractivity contribution is 5.88. The summed E-state index contributed by atoms with van der Waals surface area (Å²) in [5.41, 5.74) is 16.7. The van der Waals surface area contributed by atoms with E-state index in [9.17, 15) is 0 Å². The van der Waals surface area contributed by atoms with E-state index in [-0.39, 0.29) is 0 Å². The van der Waals surface area contributed by atoms with Crippen LogP contribution < -0.4 is 10.2 Å². The van der Waals surface area contributed by atoms with Gasteiger partial charge in [-0.1, -0.05) is 140 Å². The maximum absolute atomic E-state index is 5.15. The molecule has 0 fully saturated rings. The van der Waals surface area contributed by atoms with Crippen LogP contribution in [0.4, 0.5) is 28.4 Å². The Balaban J connectivity index is 1.10. The van der Waals surface area contributed by atoms with E-state index in [0.717, 1.165) is 67.5 Å². The molecule has 0 aliphatic heterocycles. The summed E-state index contributed by atoms with van der Waals surface area (Å²) in [4.78, 5) is 12.6. The lowest BCUT2D eigenvalue weighted by Gasteiger charge is -2.26. The van der Waals surface area contributed by atoms with Crippen molar-refractivity contribution in [1.82, 2.24) is 9.97 Å². The highest BCUT2D eigenvalue weighted by Crippen LogP contribution is 2.40. The number of para-hydroxylation sites is 3. The normalized spacial score (nSPS) is 11.0. The number of rotatable bonds is 9. The summed E-state index contributed by atoms with van der Waals surface area (Å²) in [6, 6.07) is 72.0. The molecule has 9 aromatic rings. The van der Waals surface area contributed by atoms with Gasteiger partial charge in [0.25, 0.3) is 0 Å². The third kappa shape index (κ3) is 6.97. The summed E-state index contributed by atoms with van der Waals surface area (Å²) in [6.45, 7) is 2.16. The first-order valence-corrected chi connectivity index (χ1v) is 18.6. The molecule has 1 aromatic heterocycles. The molecule has 0 amide bonds. The Morgan fingerprint density at radius 3 is 1.55 bits per heavy atom. The number of anilines is 5. The molecule has 0 radical (unpaired) electrons. The Bertz CT molecular complexity index is 2720. The summed E-state index contributed by atoms with van der Waals surface area (Å²) < 4.78 is 0. The molecule has 4 heteroatoms. The van der Waals surface area contributed by atoms with Gasteiger partial charge in [-0.15, -0.1) is 0 Å². The fourth-order valence-electron chi connectivity index (χ4n) is 7.22. The first-order valence-electron chi connectivity index (χ1n) is 18.6. The summed E-state index contributed by atoms with van der Waals surface area (Å²) in [6.07, 6.45) is 0. The Morgan fingerprint density at radius 1 is 0.382 bits per heavy atom. The van der Waals surface area contributed by atoms with Crippen molar-refractivity contribution in [3.05, 3.63) is 212 Å². The molecule has 262 valence electrons. The number of aromatic nitrogens is 2. The van der Waals surface area contributed by atoms with Gasteiger partial charge in [-0.05, 0) is 95.9 Å². The number of nitrogens with one attached hydrogen (secondary N) is 1. The molecule has 0 atom stereocenters. The van der Waals surface area contributed by atoms with Gasteiger partial charge < -0.3 is 10.2 Å². The van der Waals surface area contributed by atoms with E-state index in [1.54, 1.807) is 0 Å². The monoisotopic (exact) mass is 706 g/mol. The number of nitrogens with zero attached hydrogens (tertiary/aromatic N) is 3. The highest BCUT2D eigenvalue weighted by atomic mass is 15.1. The minimum Gasteiger partial charge on any atom is -0.355 e. The zero-order valence-corrected chi connectivity index (χ0v) is 30.5. The standard InChI is InChI=1S/C51H38N4/c1-36-15-8-9-22-45(36)46-23-10-11-24-47(46)52-41-29-33-43(34-30-41)55(44-21-14-20-40(35-44)37-16-4-2-5-17-37)42-31-27-39(28-32-42)51-50(38-18-6-3-7-19-38)53-48-25-12-13-26-49(48)54-51/h2-35,52H,1H3. The maximum atomic E-state index is 5.15. The molecule has 55 heavy (non-hydrogen) atoms. The Hall–Kier alpha value is -7.30. The van der Waals surface area contributed by atoms with Crippen LogP contribution in [-0.4, -0.2) is 9.97 Å². The van der Waals surface area contributed by atoms with Crippen molar-refractivity contribution in [2.75, 3.05) is 10.2 Å². The van der Waals surface area contributed by atoms with Crippen LogP contribution in [-0.2, 0) is 0 Å². The third-order valence-corrected chi connectivity index (χ3v) is 10.00.